The van der Waals surface area contributed by atoms with Crippen molar-refractivity contribution in [3.8, 4) is 0 Å². The number of carboxylic acid groups (broad SMARTS) is 1. The topological polar surface area (TPSA) is 66.4 Å². The average molecular weight is 187 g/mol. The maximum atomic E-state index is 11.4. The summed E-state index contributed by atoms with van der Waals surface area (Å²) >= 11 is 0. The van der Waals surface area contributed by atoms with E-state index >= 15 is 0 Å². The number of hydrogen-bond donors (Lipinski definition) is 2. The molecule has 0 aromatic rings. The second-order valence-corrected chi connectivity index (χ2v) is 4.22. The van der Waals surface area contributed by atoms with Crippen LogP contribution in [0, 0.1) is 5.41 Å². The molecule has 4 nitrogen and oxygen atoms in total. The smallest absolute Gasteiger partial charge is 0.305 e. The van der Waals surface area contributed by atoms with Crippen LogP contribution in [-0.2, 0) is 9.59 Å². The van der Waals surface area contributed by atoms with Crippen molar-refractivity contribution in [1.82, 2.24) is 5.32 Å². The lowest BCUT2D eigenvalue weighted by Crippen LogP contribution is -2.41. The van der Waals surface area contributed by atoms with Crippen LogP contribution in [0.15, 0.2) is 0 Å². The first kappa shape index (κ1) is 11.9. The van der Waals surface area contributed by atoms with E-state index in [1.807, 2.05) is 0 Å². The largest absolute Gasteiger partial charge is 0.481 e. The summed E-state index contributed by atoms with van der Waals surface area (Å²) in [5.41, 5.74) is -0.466. The lowest BCUT2D eigenvalue weighted by Gasteiger charge is -2.20. The molecule has 0 aromatic heterocycles. The standard InChI is InChI=1S/C9H17NO3/c1-6(5-7(11)12)10-8(13)9(2,3)4/h6H,5H2,1-4H3,(H,10,13)(H,11,12). The molecular formula is C9H17NO3. The monoisotopic (exact) mass is 187 g/mol. The Bertz CT molecular complexity index is 205. The Morgan fingerprint density at radius 2 is 1.85 bits per heavy atom. The molecule has 0 heterocycles. The van der Waals surface area contributed by atoms with Gasteiger partial charge in [0.25, 0.3) is 0 Å². The fraction of sp³-hybridized carbons (Fsp3) is 0.778. The summed E-state index contributed by atoms with van der Waals surface area (Å²) in [6, 6.07) is -0.316. The highest BCUT2D eigenvalue weighted by atomic mass is 16.4. The summed E-state index contributed by atoms with van der Waals surface area (Å²) in [5, 5.41) is 11.1. The Morgan fingerprint density at radius 3 is 2.15 bits per heavy atom. The van der Waals surface area contributed by atoms with E-state index in [4.69, 9.17) is 5.11 Å². The zero-order valence-corrected chi connectivity index (χ0v) is 8.55. The molecule has 0 spiro atoms. The van der Waals surface area contributed by atoms with Crippen LogP contribution in [0.25, 0.3) is 0 Å². The van der Waals surface area contributed by atoms with Gasteiger partial charge in [0, 0.05) is 11.5 Å². The number of carbonyl (C=O) groups is 2. The first-order chi connectivity index (χ1) is 5.73. The van der Waals surface area contributed by atoms with Crippen LogP contribution in [0.1, 0.15) is 34.1 Å². The molecule has 1 amide bonds. The van der Waals surface area contributed by atoms with Crippen molar-refractivity contribution in [2.45, 2.75) is 40.2 Å². The molecule has 0 saturated heterocycles. The van der Waals surface area contributed by atoms with Crippen molar-refractivity contribution in [3.05, 3.63) is 0 Å². The van der Waals surface area contributed by atoms with Crippen molar-refractivity contribution in [1.29, 1.82) is 0 Å². The van der Waals surface area contributed by atoms with E-state index in [-0.39, 0.29) is 18.4 Å². The summed E-state index contributed by atoms with van der Waals surface area (Å²) in [7, 11) is 0. The van der Waals surface area contributed by atoms with Crippen LogP contribution in [0.3, 0.4) is 0 Å². The summed E-state index contributed by atoms with van der Waals surface area (Å²) in [6.45, 7) is 7.04. The first-order valence-corrected chi connectivity index (χ1v) is 4.26. The minimum atomic E-state index is -0.901. The number of carbonyl (C=O) groups excluding carboxylic acids is 1. The number of rotatable bonds is 3. The summed E-state index contributed by atoms with van der Waals surface area (Å²) in [5.74, 6) is -1.03. The third kappa shape index (κ3) is 5.22. The quantitative estimate of drug-likeness (QED) is 0.693. The van der Waals surface area contributed by atoms with Gasteiger partial charge in [-0.05, 0) is 6.92 Å². The molecule has 13 heavy (non-hydrogen) atoms. The van der Waals surface area contributed by atoms with Gasteiger partial charge < -0.3 is 10.4 Å². The van der Waals surface area contributed by atoms with Gasteiger partial charge in [-0.15, -0.1) is 0 Å². The average Bonchev–Trinajstić information content (AvgIpc) is 1.82. The van der Waals surface area contributed by atoms with E-state index in [0.29, 0.717) is 0 Å². The lowest BCUT2D eigenvalue weighted by molar-refractivity contribution is -0.137. The van der Waals surface area contributed by atoms with Gasteiger partial charge in [-0.1, -0.05) is 20.8 Å². The highest BCUT2D eigenvalue weighted by molar-refractivity contribution is 5.82. The van der Waals surface area contributed by atoms with Crippen molar-refractivity contribution < 1.29 is 14.7 Å². The molecule has 2 N–H and O–H groups in total. The van der Waals surface area contributed by atoms with Gasteiger partial charge in [0.15, 0.2) is 0 Å². The van der Waals surface area contributed by atoms with Gasteiger partial charge in [-0.25, -0.2) is 0 Å². The summed E-state index contributed by atoms with van der Waals surface area (Å²) < 4.78 is 0. The Kier molecular flexibility index (Phi) is 3.91. The minimum absolute atomic E-state index is 0.0399. The van der Waals surface area contributed by atoms with Crippen molar-refractivity contribution in [2.75, 3.05) is 0 Å². The van der Waals surface area contributed by atoms with Crippen LogP contribution in [0.2, 0.25) is 0 Å². The van der Waals surface area contributed by atoms with E-state index in [0.717, 1.165) is 0 Å². The number of nitrogens with one attached hydrogen (secondary N) is 1. The Balaban J connectivity index is 4.00. The van der Waals surface area contributed by atoms with Crippen LogP contribution in [0.4, 0.5) is 0 Å². The van der Waals surface area contributed by atoms with E-state index in [1.165, 1.54) is 0 Å². The molecule has 0 bridgehead atoms. The van der Waals surface area contributed by atoms with Gasteiger partial charge in [-0.2, -0.15) is 0 Å². The molecule has 0 aliphatic heterocycles. The zero-order valence-electron chi connectivity index (χ0n) is 8.55. The van der Waals surface area contributed by atoms with E-state index in [9.17, 15) is 9.59 Å². The highest BCUT2D eigenvalue weighted by Gasteiger charge is 2.22. The van der Waals surface area contributed by atoms with Crippen LogP contribution < -0.4 is 5.32 Å². The predicted octanol–water partition coefficient (Wildman–Crippen LogP) is 1.01. The van der Waals surface area contributed by atoms with Gasteiger partial charge in [0.2, 0.25) is 5.91 Å². The van der Waals surface area contributed by atoms with E-state index < -0.39 is 11.4 Å². The number of amides is 1. The predicted molar refractivity (Wildman–Crippen MR) is 49.3 cm³/mol. The molecule has 1 unspecified atom stereocenters. The van der Waals surface area contributed by atoms with Crippen molar-refractivity contribution in [3.63, 3.8) is 0 Å². The molecule has 0 fully saturated rings. The van der Waals surface area contributed by atoms with Gasteiger partial charge >= 0.3 is 5.97 Å². The van der Waals surface area contributed by atoms with Crippen molar-refractivity contribution in [2.24, 2.45) is 5.41 Å². The first-order valence-electron chi connectivity index (χ1n) is 4.26. The number of hydrogen-bond acceptors (Lipinski definition) is 2. The van der Waals surface area contributed by atoms with E-state index in [1.54, 1.807) is 27.7 Å². The normalized spacial score (nSPS) is 13.5. The Labute approximate surface area is 78.3 Å². The molecule has 0 rings (SSSR count). The van der Waals surface area contributed by atoms with Gasteiger partial charge in [0.1, 0.15) is 0 Å². The minimum Gasteiger partial charge on any atom is -0.481 e. The molecule has 0 radical (unpaired) electrons. The molecule has 0 aromatic carbocycles. The van der Waals surface area contributed by atoms with Crippen LogP contribution in [0.5, 0.6) is 0 Å². The van der Waals surface area contributed by atoms with E-state index in [2.05, 4.69) is 5.32 Å². The van der Waals surface area contributed by atoms with Crippen LogP contribution >= 0.6 is 0 Å². The zero-order chi connectivity index (χ0) is 10.6. The maximum absolute atomic E-state index is 11.4. The lowest BCUT2D eigenvalue weighted by atomic mass is 9.95. The third-order valence-corrected chi connectivity index (χ3v) is 1.54. The molecule has 0 aliphatic carbocycles. The summed E-state index contributed by atoms with van der Waals surface area (Å²) in [4.78, 5) is 21.6. The second kappa shape index (κ2) is 4.25. The third-order valence-electron chi connectivity index (χ3n) is 1.54. The Hall–Kier alpha value is -1.06. The molecule has 0 aliphatic rings. The second-order valence-electron chi connectivity index (χ2n) is 4.22. The fourth-order valence-electron chi connectivity index (χ4n) is 0.753. The molecule has 76 valence electrons. The number of carboxylic acids is 1. The van der Waals surface area contributed by atoms with Gasteiger partial charge in [-0.3, -0.25) is 9.59 Å². The molecular weight excluding hydrogens is 170 g/mol. The highest BCUT2D eigenvalue weighted by Crippen LogP contribution is 2.13. The number of aliphatic carboxylic acids is 1. The summed E-state index contributed by atoms with van der Waals surface area (Å²) in [6.07, 6.45) is -0.0399. The molecule has 4 heteroatoms. The van der Waals surface area contributed by atoms with Gasteiger partial charge in [0.05, 0.1) is 6.42 Å². The SMILES string of the molecule is CC(CC(=O)O)NC(=O)C(C)(C)C. The van der Waals surface area contributed by atoms with Crippen LogP contribution in [-0.4, -0.2) is 23.0 Å². The molecule has 1 atom stereocenters. The van der Waals surface area contributed by atoms with Crippen molar-refractivity contribution >= 4 is 11.9 Å². The maximum Gasteiger partial charge on any atom is 0.305 e. The Morgan fingerprint density at radius 1 is 1.38 bits per heavy atom. The fourth-order valence-corrected chi connectivity index (χ4v) is 0.753. The molecule has 0 saturated carbocycles.